The van der Waals surface area contributed by atoms with Crippen molar-refractivity contribution in [2.24, 2.45) is 11.5 Å². The van der Waals surface area contributed by atoms with Gasteiger partial charge in [0.25, 0.3) is 5.91 Å². The summed E-state index contributed by atoms with van der Waals surface area (Å²) in [6, 6.07) is 1.89. The third kappa shape index (κ3) is 6.81. The summed E-state index contributed by atoms with van der Waals surface area (Å²) in [5, 5.41) is 3.92. The van der Waals surface area contributed by atoms with E-state index < -0.39 is 5.91 Å². The molecule has 2 aromatic heterocycles. The number of rotatable bonds is 4. The number of nitrogens with two attached hydrogens (primary N) is 2. The van der Waals surface area contributed by atoms with E-state index in [4.69, 9.17) is 10.5 Å². The van der Waals surface area contributed by atoms with Crippen LogP contribution in [0.5, 0.6) is 0 Å². The number of amides is 2. The second-order valence-electron chi connectivity index (χ2n) is 5.43. The van der Waals surface area contributed by atoms with Crippen LogP contribution in [0.15, 0.2) is 12.3 Å². The molecule has 0 atom stereocenters. The average Bonchev–Trinajstić information content (AvgIpc) is 3.09. The van der Waals surface area contributed by atoms with Crippen LogP contribution >= 0.6 is 11.5 Å². The van der Waals surface area contributed by atoms with Gasteiger partial charge >= 0.3 is 0 Å². The Morgan fingerprint density at radius 3 is 2.44 bits per heavy atom. The van der Waals surface area contributed by atoms with Crippen molar-refractivity contribution in [1.82, 2.24) is 14.3 Å². The van der Waals surface area contributed by atoms with Gasteiger partial charge in [0.1, 0.15) is 10.8 Å². The van der Waals surface area contributed by atoms with Gasteiger partial charge in [0, 0.05) is 13.1 Å². The molecule has 9 nitrogen and oxygen atoms in total. The van der Waals surface area contributed by atoms with Crippen molar-refractivity contribution in [3.63, 3.8) is 0 Å². The van der Waals surface area contributed by atoms with E-state index >= 15 is 0 Å². The number of aromatic nitrogens is 3. The number of hydrogen-bond acceptors (Lipinski definition) is 8. The number of aryl methyl sites for hydroxylation is 1. The van der Waals surface area contributed by atoms with Crippen molar-refractivity contribution >= 4 is 40.5 Å². The zero-order valence-electron chi connectivity index (χ0n) is 15.9. The molecule has 27 heavy (non-hydrogen) atoms. The highest BCUT2D eigenvalue weighted by Crippen LogP contribution is 2.25. The van der Waals surface area contributed by atoms with Gasteiger partial charge in [-0.2, -0.15) is 4.37 Å². The standard InChI is InChI=1S/C14H18N6OS.C2H6.CH3NO/c1-9-7-11(22-19-9)18-14-12(13(15)21)16-8-10(17-14)20-5-3-2-4-6-20;1-2;2-1-3/h7-8H,2-6H2,1H3,(H2,15,21)(H,17,18);1-2H3;1H,(H2,2,3). The maximum Gasteiger partial charge on any atom is 0.271 e. The van der Waals surface area contributed by atoms with E-state index in [2.05, 4.69) is 30.3 Å². The van der Waals surface area contributed by atoms with E-state index in [0.29, 0.717) is 5.82 Å². The molecule has 5 N–H and O–H groups in total. The van der Waals surface area contributed by atoms with E-state index in [9.17, 15) is 4.79 Å². The summed E-state index contributed by atoms with van der Waals surface area (Å²) >= 11 is 1.31. The molecule has 148 valence electrons. The molecule has 0 aliphatic carbocycles. The van der Waals surface area contributed by atoms with Crippen LogP contribution in [0.1, 0.15) is 49.3 Å². The van der Waals surface area contributed by atoms with Crippen molar-refractivity contribution in [2.45, 2.75) is 40.0 Å². The first-order chi connectivity index (χ1) is 13.0. The van der Waals surface area contributed by atoms with Crippen molar-refractivity contribution in [3.05, 3.63) is 23.7 Å². The number of piperidine rings is 1. The van der Waals surface area contributed by atoms with Crippen LogP contribution in [-0.4, -0.2) is 39.7 Å². The Labute approximate surface area is 163 Å². The summed E-state index contributed by atoms with van der Waals surface area (Å²) in [6.45, 7) is 7.83. The molecule has 1 saturated heterocycles. The monoisotopic (exact) mass is 393 g/mol. The van der Waals surface area contributed by atoms with Gasteiger partial charge in [-0.3, -0.25) is 9.59 Å². The number of carbonyl (C=O) groups is 2. The molecular weight excluding hydrogens is 366 g/mol. The number of hydrogen-bond donors (Lipinski definition) is 3. The lowest BCUT2D eigenvalue weighted by Crippen LogP contribution is -2.30. The summed E-state index contributed by atoms with van der Waals surface area (Å²) in [5.74, 6) is 0.564. The molecule has 1 aliphatic rings. The van der Waals surface area contributed by atoms with Gasteiger partial charge in [0.2, 0.25) is 6.41 Å². The lowest BCUT2D eigenvalue weighted by atomic mass is 10.1. The second kappa shape index (κ2) is 11.8. The minimum absolute atomic E-state index is 0.145. The zero-order valence-corrected chi connectivity index (χ0v) is 16.8. The Hall–Kier alpha value is -2.75. The van der Waals surface area contributed by atoms with Gasteiger partial charge in [0.05, 0.1) is 11.9 Å². The summed E-state index contributed by atoms with van der Waals surface area (Å²) in [7, 11) is 0. The lowest BCUT2D eigenvalue weighted by molar-refractivity contribution is -0.106. The molecule has 0 aromatic carbocycles. The smallest absolute Gasteiger partial charge is 0.271 e. The summed E-state index contributed by atoms with van der Waals surface area (Å²) in [5.41, 5.74) is 10.6. The topological polar surface area (TPSA) is 140 Å². The highest BCUT2D eigenvalue weighted by molar-refractivity contribution is 7.10. The van der Waals surface area contributed by atoms with Crippen LogP contribution in [0.4, 0.5) is 16.6 Å². The van der Waals surface area contributed by atoms with E-state index in [-0.39, 0.29) is 12.1 Å². The Morgan fingerprint density at radius 1 is 1.30 bits per heavy atom. The second-order valence-corrected chi connectivity index (χ2v) is 6.24. The lowest BCUT2D eigenvalue weighted by Gasteiger charge is -2.27. The van der Waals surface area contributed by atoms with Gasteiger partial charge in [-0.15, -0.1) is 0 Å². The number of primary amides is 2. The first-order valence-electron chi connectivity index (χ1n) is 8.82. The predicted octanol–water partition coefficient (Wildman–Crippen LogP) is 2.20. The van der Waals surface area contributed by atoms with E-state index in [1.807, 2.05) is 26.8 Å². The number of anilines is 3. The predicted molar refractivity (Wildman–Crippen MR) is 108 cm³/mol. The Morgan fingerprint density at radius 2 is 1.93 bits per heavy atom. The molecule has 2 aromatic rings. The molecule has 3 heterocycles. The highest BCUT2D eigenvalue weighted by atomic mass is 32.1. The van der Waals surface area contributed by atoms with Gasteiger partial charge < -0.3 is 21.7 Å². The van der Waals surface area contributed by atoms with Crippen LogP contribution in [-0.2, 0) is 4.79 Å². The molecule has 0 saturated carbocycles. The maximum atomic E-state index is 11.6. The van der Waals surface area contributed by atoms with Crippen LogP contribution in [0.25, 0.3) is 0 Å². The minimum Gasteiger partial charge on any atom is -0.372 e. The van der Waals surface area contributed by atoms with Crippen molar-refractivity contribution in [1.29, 1.82) is 0 Å². The Kier molecular flexibility index (Phi) is 9.73. The molecule has 3 rings (SSSR count). The third-order valence-corrected chi connectivity index (χ3v) is 4.34. The SMILES string of the molecule is CC.Cc1cc(Nc2nc(N3CCCCC3)cnc2C(N)=O)sn1.NC=O. The minimum atomic E-state index is -0.596. The van der Waals surface area contributed by atoms with Crippen LogP contribution < -0.4 is 21.7 Å². The van der Waals surface area contributed by atoms with E-state index in [1.165, 1.54) is 18.0 Å². The Bertz CT molecular complexity index is 730. The molecule has 2 amide bonds. The number of carbonyl (C=O) groups excluding carboxylic acids is 2. The van der Waals surface area contributed by atoms with E-state index in [1.54, 1.807) is 6.20 Å². The molecule has 0 bridgehead atoms. The largest absolute Gasteiger partial charge is 0.372 e. The fourth-order valence-corrected chi connectivity index (χ4v) is 3.12. The summed E-state index contributed by atoms with van der Waals surface area (Å²) in [4.78, 5) is 31.1. The quantitative estimate of drug-likeness (QED) is 0.676. The number of nitrogens with one attached hydrogen (secondary N) is 1. The van der Waals surface area contributed by atoms with Crippen molar-refractivity contribution < 1.29 is 9.59 Å². The number of nitrogens with zero attached hydrogens (tertiary/aromatic N) is 4. The summed E-state index contributed by atoms with van der Waals surface area (Å²) < 4.78 is 4.20. The fraction of sp³-hybridized carbons (Fsp3) is 0.471. The van der Waals surface area contributed by atoms with Gasteiger partial charge in [0.15, 0.2) is 11.5 Å². The molecule has 1 aliphatic heterocycles. The Balaban J connectivity index is 0.000000665. The van der Waals surface area contributed by atoms with Crippen LogP contribution in [0.2, 0.25) is 0 Å². The molecular formula is C17H27N7O2S. The summed E-state index contributed by atoms with van der Waals surface area (Å²) in [6.07, 6.45) is 5.41. The van der Waals surface area contributed by atoms with Gasteiger partial charge in [-0.1, -0.05) is 13.8 Å². The normalized spacial score (nSPS) is 12.8. The first-order valence-corrected chi connectivity index (χ1v) is 9.60. The van der Waals surface area contributed by atoms with Crippen LogP contribution in [0.3, 0.4) is 0 Å². The third-order valence-electron chi connectivity index (χ3n) is 3.54. The van der Waals surface area contributed by atoms with E-state index in [0.717, 1.165) is 42.4 Å². The fourth-order valence-electron chi connectivity index (χ4n) is 2.46. The highest BCUT2D eigenvalue weighted by Gasteiger charge is 2.18. The first kappa shape index (κ1) is 22.3. The van der Waals surface area contributed by atoms with Crippen molar-refractivity contribution in [3.8, 4) is 0 Å². The molecule has 10 heteroatoms. The van der Waals surface area contributed by atoms with Gasteiger partial charge in [-0.25, -0.2) is 9.97 Å². The maximum absolute atomic E-state index is 11.6. The average molecular weight is 394 g/mol. The van der Waals surface area contributed by atoms with Crippen molar-refractivity contribution in [2.75, 3.05) is 23.3 Å². The molecule has 0 unspecified atom stereocenters. The zero-order chi connectivity index (χ0) is 20.2. The van der Waals surface area contributed by atoms with Gasteiger partial charge in [-0.05, 0) is 43.8 Å². The molecule has 0 spiro atoms. The molecule has 0 radical (unpaired) electrons. The van der Waals surface area contributed by atoms with Crippen LogP contribution in [0, 0.1) is 6.92 Å². The molecule has 1 fully saturated rings.